The Morgan fingerprint density at radius 1 is 1.21 bits per heavy atom. The van der Waals surface area contributed by atoms with E-state index in [1.165, 1.54) is 30.9 Å². The zero-order chi connectivity index (χ0) is 19.7. The van der Waals surface area contributed by atoms with Gasteiger partial charge < -0.3 is 18.8 Å². The lowest BCUT2D eigenvalue weighted by atomic mass is 10.3. The van der Waals surface area contributed by atoms with E-state index in [-0.39, 0.29) is 10.6 Å². The van der Waals surface area contributed by atoms with Crippen molar-refractivity contribution in [3.05, 3.63) is 52.0 Å². The number of hydrogen-bond donors (Lipinski definition) is 1. The summed E-state index contributed by atoms with van der Waals surface area (Å²) in [6, 6.07) is 11.4. The fraction of sp³-hybridized carbons (Fsp3) is 0.316. The molecule has 2 aromatic carbocycles. The van der Waals surface area contributed by atoms with E-state index in [1.54, 1.807) is 36.4 Å². The van der Waals surface area contributed by atoms with Crippen LogP contribution in [0.4, 0.5) is 5.69 Å². The predicted octanol–water partition coefficient (Wildman–Crippen LogP) is 3.00. The molecular formula is C19H21N3O4S2. The Kier molecular flexibility index (Phi) is 5.13. The molecule has 7 nitrogen and oxygen atoms in total. The van der Waals surface area contributed by atoms with Gasteiger partial charge in [-0.15, -0.1) is 0 Å². The number of sulfonamides is 1. The fourth-order valence-electron chi connectivity index (χ4n) is 3.50. The van der Waals surface area contributed by atoms with Crippen molar-refractivity contribution >= 4 is 39.0 Å². The minimum atomic E-state index is -3.92. The van der Waals surface area contributed by atoms with Gasteiger partial charge in [0.25, 0.3) is 4.84 Å². The first kappa shape index (κ1) is 19.0. The van der Waals surface area contributed by atoms with Crippen LogP contribution in [0.2, 0.25) is 0 Å². The normalized spacial score (nSPS) is 15.2. The Hall–Kier alpha value is -2.36. The number of para-hydroxylation sites is 1. The van der Waals surface area contributed by atoms with Crippen LogP contribution in [-0.2, 0) is 16.7 Å². The quantitative estimate of drug-likeness (QED) is 0.622. The molecule has 28 heavy (non-hydrogen) atoms. The number of rotatable bonds is 6. The summed E-state index contributed by atoms with van der Waals surface area (Å²) in [4.78, 5) is 1.85. The predicted molar refractivity (Wildman–Crippen MR) is 108 cm³/mol. The molecule has 1 aliphatic rings. The number of hydrogen-bond acceptors (Lipinski definition) is 5. The Morgan fingerprint density at radius 2 is 1.96 bits per heavy atom. The molecular weight excluding hydrogens is 398 g/mol. The van der Waals surface area contributed by atoms with Crippen LogP contribution in [0.1, 0.15) is 12.8 Å². The van der Waals surface area contributed by atoms with E-state index in [1.807, 2.05) is 4.57 Å². The maximum absolute atomic E-state index is 12.9. The van der Waals surface area contributed by atoms with Crippen molar-refractivity contribution < 1.29 is 22.5 Å². The monoisotopic (exact) mass is 419 g/mol. The highest BCUT2D eigenvalue weighted by molar-refractivity contribution is 7.94. The number of quaternary nitrogens is 1. The van der Waals surface area contributed by atoms with Gasteiger partial charge in [0.05, 0.1) is 30.6 Å². The second-order valence-electron chi connectivity index (χ2n) is 6.78. The van der Waals surface area contributed by atoms with Crippen LogP contribution in [-0.4, -0.2) is 33.2 Å². The second kappa shape index (κ2) is 7.57. The molecule has 3 aromatic rings. The van der Waals surface area contributed by atoms with Gasteiger partial charge in [0, 0.05) is 12.8 Å². The third kappa shape index (κ3) is 3.65. The maximum Gasteiger partial charge on any atom is 0.274 e. The van der Waals surface area contributed by atoms with Crippen molar-refractivity contribution in [3.8, 4) is 5.75 Å². The number of nitrogens with one attached hydrogen (secondary N) is 1. The molecule has 0 unspecified atom stereocenters. The SMILES string of the molecule is COc1ccccc1[N-]S(=O)(=O)c1ccc2oc(=S)n(C[NH+]3CCCC3)c2c1. The summed E-state index contributed by atoms with van der Waals surface area (Å²) in [5, 5.41) is 0. The van der Waals surface area contributed by atoms with Gasteiger partial charge in [0.15, 0.2) is 12.3 Å². The fourth-order valence-corrected chi connectivity index (χ4v) is 4.76. The highest BCUT2D eigenvalue weighted by Crippen LogP contribution is 2.36. The van der Waals surface area contributed by atoms with Gasteiger partial charge >= 0.3 is 0 Å². The number of aromatic nitrogens is 1. The molecule has 1 saturated heterocycles. The third-order valence-electron chi connectivity index (χ3n) is 4.93. The van der Waals surface area contributed by atoms with Crippen LogP contribution < -0.4 is 9.64 Å². The largest absolute Gasteiger partial charge is 0.570 e. The van der Waals surface area contributed by atoms with Crippen LogP contribution in [0.25, 0.3) is 15.8 Å². The van der Waals surface area contributed by atoms with E-state index in [0.29, 0.717) is 28.4 Å². The summed E-state index contributed by atoms with van der Waals surface area (Å²) in [5.41, 5.74) is 1.50. The molecule has 0 atom stereocenters. The summed E-state index contributed by atoms with van der Waals surface area (Å²) >= 11 is 5.36. The minimum Gasteiger partial charge on any atom is -0.570 e. The van der Waals surface area contributed by atoms with Gasteiger partial charge in [-0.05, 0) is 36.5 Å². The van der Waals surface area contributed by atoms with Crippen molar-refractivity contribution in [3.63, 3.8) is 0 Å². The van der Waals surface area contributed by atoms with Crippen LogP contribution in [0.5, 0.6) is 5.75 Å². The molecule has 2 heterocycles. The standard InChI is InChI=1S/C19H20N3O4S2/c1-25-17-7-3-2-6-15(17)20-28(23,24)14-8-9-18-16(12-14)22(19(27)26-18)13-21-10-4-5-11-21/h2-3,6-9,12H,4-5,10-11,13H2,1H3/q-1/p+1. The molecule has 0 amide bonds. The second-order valence-corrected chi connectivity index (χ2v) is 8.73. The van der Waals surface area contributed by atoms with E-state index < -0.39 is 10.0 Å². The molecule has 0 spiro atoms. The van der Waals surface area contributed by atoms with Crippen molar-refractivity contribution in [1.29, 1.82) is 0 Å². The Labute approximate surface area is 168 Å². The van der Waals surface area contributed by atoms with E-state index in [9.17, 15) is 8.42 Å². The van der Waals surface area contributed by atoms with Gasteiger partial charge in [-0.25, -0.2) is 8.42 Å². The topological polar surface area (TPSA) is 80.0 Å². The number of ether oxygens (including phenoxy) is 1. The van der Waals surface area contributed by atoms with Gasteiger partial charge in [0.2, 0.25) is 0 Å². The molecule has 0 saturated carbocycles. The molecule has 0 radical (unpaired) electrons. The lowest BCUT2D eigenvalue weighted by Gasteiger charge is -2.24. The summed E-state index contributed by atoms with van der Waals surface area (Å²) in [7, 11) is -2.44. The molecule has 148 valence electrons. The van der Waals surface area contributed by atoms with Crippen LogP contribution in [0.3, 0.4) is 0 Å². The lowest BCUT2D eigenvalue weighted by molar-refractivity contribution is -0.910. The summed E-state index contributed by atoms with van der Waals surface area (Å²) in [5.74, 6) is 0.399. The molecule has 1 aliphatic heterocycles. The highest BCUT2D eigenvalue weighted by Gasteiger charge is 2.19. The number of benzene rings is 2. The van der Waals surface area contributed by atoms with Gasteiger partial charge in [-0.1, -0.05) is 23.9 Å². The smallest absolute Gasteiger partial charge is 0.274 e. The summed E-state index contributed by atoms with van der Waals surface area (Å²) < 4.78 is 42.4. The van der Waals surface area contributed by atoms with Crippen LogP contribution in [0, 0.1) is 4.84 Å². The number of oxazole rings is 1. The summed E-state index contributed by atoms with van der Waals surface area (Å²) in [6.07, 6.45) is 2.38. The number of fused-ring (bicyclic) bond motifs is 1. The van der Waals surface area contributed by atoms with Crippen molar-refractivity contribution in [1.82, 2.24) is 4.57 Å². The summed E-state index contributed by atoms with van der Waals surface area (Å²) in [6.45, 7) is 2.82. The molecule has 0 aliphatic carbocycles. The van der Waals surface area contributed by atoms with Crippen molar-refractivity contribution in [2.75, 3.05) is 20.2 Å². The molecule has 4 rings (SSSR count). The number of likely N-dealkylation sites (tertiary alicyclic amines) is 1. The van der Waals surface area contributed by atoms with E-state index in [2.05, 4.69) is 4.72 Å². The van der Waals surface area contributed by atoms with E-state index in [4.69, 9.17) is 21.4 Å². The van der Waals surface area contributed by atoms with E-state index in [0.717, 1.165) is 13.1 Å². The van der Waals surface area contributed by atoms with Gasteiger partial charge in [-0.2, -0.15) is 0 Å². The molecule has 9 heteroatoms. The van der Waals surface area contributed by atoms with Crippen molar-refractivity contribution in [2.24, 2.45) is 0 Å². The Balaban J connectivity index is 1.71. The van der Waals surface area contributed by atoms with Gasteiger partial charge in [-0.3, -0.25) is 4.57 Å². The van der Waals surface area contributed by atoms with E-state index >= 15 is 0 Å². The van der Waals surface area contributed by atoms with Crippen molar-refractivity contribution in [2.45, 2.75) is 24.4 Å². The highest BCUT2D eigenvalue weighted by atomic mass is 32.2. The molecule has 0 bridgehead atoms. The first-order valence-electron chi connectivity index (χ1n) is 9.06. The minimum absolute atomic E-state index is 0.0897. The Morgan fingerprint density at radius 3 is 2.71 bits per heavy atom. The zero-order valence-corrected chi connectivity index (χ0v) is 17.1. The molecule has 1 aromatic heterocycles. The lowest BCUT2D eigenvalue weighted by Crippen LogP contribution is -3.09. The van der Waals surface area contributed by atoms with Crippen LogP contribution >= 0.6 is 12.2 Å². The maximum atomic E-state index is 12.9. The van der Waals surface area contributed by atoms with Gasteiger partial charge in [0.1, 0.15) is 15.8 Å². The Bertz CT molecular complexity index is 1160. The third-order valence-corrected chi connectivity index (χ3v) is 6.52. The first-order valence-corrected chi connectivity index (χ1v) is 10.9. The number of methoxy groups -OCH3 is 1. The average Bonchev–Trinajstić information content (AvgIpc) is 3.30. The first-order chi connectivity index (χ1) is 13.5. The molecule has 1 fully saturated rings. The number of nitrogens with zero attached hydrogens (tertiary/aromatic N) is 2. The average molecular weight is 420 g/mol. The van der Waals surface area contributed by atoms with Crippen LogP contribution in [0.15, 0.2) is 51.8 Å². The zero-order valence-electron chi connectivity index (χ0n) is 15.4. The molecule has 1 N–H and O–H groups in total.